The largest absolute Gasteiger partial charge is 0.329 e. The summed E-state index contributed by atoms with van der Waals surface area (Å²) in [6.45, 7) is 10.6. The zero-order valence-electron chi connectivity index (χ0n) is 11.2. The molecule has 0 saturated carbocycles. The summed E-state index contributed by atoms with van der Waals surface area (Å²) in [6.07, 6.45) is 5.35. The van der Waals surface area contributed by atoms with Crippen molar-refractivity contribution in [2.45, 2.75) is 39.8 Å². The van der Waals surface area contributed by atoms with E-state index in [0.717, 1.165) is 19.6 Å². The third-order valence-electron chi connectivity index (χ3n) is 3.73. The van der Waals surface area contributed by atoms with Gasteiger partial charge >= 0.3 is 0 Å². The SMILES string of the molecule is CCn1cc(C(CN)N2CCC(C)(C)C2)cn1. The van der Waals surface area contributed by atoms with Crippen LogP contribution in [0, 0.1) is 5.41 Å². The van der Waals surface area contributed by atoms with E-state index in [0.29, 0.717) is 18.0 Å². The van der Waals surface area contributed by atoms with Gasteiger partial charge in [0.2, 0.25) is 0 Å². The van der Waals surface area contributed by atoms with E-state index in [-0.39, 0.29) is 0 Å². The third kappa shape index (κ3) is 2.69. The lowest BCUT2D eigenvalue weighted by atomic mass is 9.93. The van der Waals surface area contributed by atoms with Crippen LogP contribution in [0.15, 0.2) is 12.4 Å². The van der Waals surface area contributed by atoms with E-state index < -0.39 is 0 Å². The summed E-state index contributed by atoms with van der Waals surface area (Å²) >= 11 is 0. The maximum Gasteiger partial charge on any atom is 0.0538 e. The predicted octanol–water partition coefficient (Wildman–Crippen LogP) is 1.63. The van der Waals surface area contributed by atoms with Crippen molar-refractivity contribution in [3.63, 3.8) is 0 Å². The summed E-state index contributed by atoms with van der Waals surface area (Å²) in [5.41, 5.74) is 7.63. The minimum Gasteiger partial charge on any atom is -0.329 e. The number of rotatable bonds is 4. The molecule has 0 amide bonds. The predicted molar refractivity (Wildman–Crippen MR) is 69.7 cm³/mol. The molecule has 0 aliphatic carbocycles. The Morgan fingerprint density at radius 2 is 2.29 bits per heavy atom. The Kier molecular flexibility index (Phi) is 3.54. The van der Waals surface area contributed by atoms with Gasteiger partial charge < -0.3 is 5.73 Å². The molecule has 17 heavy (non-hydrogen) atoms. The first-order valence-corrected chi connectivity index (χ1v) is 6.52. The van der Waals surface area contributed by atoms with Gasteiger partial charge in [-0.2, -0.15) is 5.10 Å². The molecule has 1 aromatic rings. The molecule has 2 heterocycles. The molecule has 4 nitrogen and oxygen atoms in total. The Hall–Kier alpha value is -0.870. The molecule has 1 aromatic heterocycles. The van der Waals surface area contributed by atoms with Crippen LogP contribution in [0.5, 0.6) is 0 Å². The third-order valence-corrected chi connectivity index (χ3v) is 3.73. The van der Waals surface area contributed by atoms with Crippen molar-refractivity contribution in [2.24, 2.45) is 11.1 Å². The number of aryl methyl sites for hydroxylation is 1. The highest BCUT2D eigenvalue weighted by Crippen LogP contribution is 2.34. The summed E-state index contributed by atoms with van der Waals surface area (Å²) in [5.74, 6) is 0. The van der Waals surface area contributed by atoms with E-state index in [9.17, 15) is 0 Å². The molecule has 1 saturated heterocycles. The molecule has 0 radical (unpaired) electrons. The second-order valence-corrected chi connectivity index (χ2v) is 5.77. The average molecular weight is 236 g/mol. The topological polar surface area (TPSA) is 47.1 Å². The first-order valence-electron chi connectivity index (χ1n) is 6.52. The van der Waals surface area contributed by atoms with Crippen molar-refractivity contribution in [3.8, 4) is 0 Å². The Balaban J connectivity index is 2.11. The maximum absolute atomic E-state index is 5.95. The molecule has 2 N–H and O–H groups in total. The van der Waals surface area contributed by atoms with Gasteiger partial charge in [-0.15, -0.1) is 0 Å². The molecule has 2 rings (SSSR count). The smallest absolute Gasteiger partial charge is 0.0538 e. The molecule has 1 fully saturated rings. The molecule has 1 aliphatic rings. The summed E-state index contributed by atoms with van der Waals surface area (Å²) in [6, 6.07) is 0.331. The fourth-order valence-electron chi connectivity index (χ4n) is 2.64. The van der Waals surface area contributed by atoms with Crippen LogP contribution in [0.25, 0.3) is 0 Å². The van der Waals surface area contributed by atoms with Crippen molar-refractivity contribution in [3.05, 3.63) is 18.0 Å². The fourth-order valence-corrected chi connectivity index (χ4v) is 2.64. The lowest BCUT2D eigenvalue weighted by Gasteiger charge is -2.27. The molecular formula is C13H24N4. The highest BCUT2D eigenvalue weighted by Gasteiger charge is 2.33. The van der Waals surface area contributed by atoms with Crippen LogP contribution in [-0.4, -0.2) is 34.3 Å². The van der Waals surface area contributed by atoms with Crippen molar-refractivity contribution >= 4 is 0 Å². The summed E-state index contributed by atoms with van der Waals surface area (Å²) in [4.78, 5) is 2.50. The molecule has 0 aromatic carbocycles. The highest BCUT2D eigenvalue weighted by molar-refractivity contribution is 5.12. The molecule has 96 valence electrons. The van der Waals surface area contributed by atoms with Crippen LogP contribution < -0.4 is 5.73 Å². The molecule has 0 spiro atoms. The van der Waals surface area contributed by atoms with Crippen LogP contribution in [0.2, 0.25) is 0 Å². The van der Waals surface area contributed by atoms with Gasteiger partial charge in [0.1, 0.15) is 0 Å². The molecule has 1 atom stereocenters. The van der Waals surface area contributed by atoms with Crippen LogP contribution in [0.3, 0.4) is 0 Å². The number of hydrogen-bond acceptors (Lipinski definition) is 3. The molecule has 4 heteroatoms. The van der Waals surface area contributed by atoms with Gasteiger partial charge in [-0.3, -0.25) is 9.58 Å². The van der Waals surface area contributed by atoms with Crippen LogP contribution >= 0.6 is 0 Å². The van der Waals surface area contributed by atoms with E-state index in [1.807, 2.05) is 10.9 Å². The minimum atomic E-state index is 0.331. The van der Waals surface area contributed by atoms with Crippen LogP contribution in [0.4, 0.5) is 0 Å². The monoisotopic (exact) mass is 236 g/mol. The number of likely N-dealkylation sites (tertiary alicyclic amines) is 1. The zero-order valence-corrected chi connectivity index (χ0v) is 11.2. The van der Waals surface area contributed by atoms with Gasteiger partial charge in [0.05, 0.1) is 12.2 Å². The Labute approximate surface area is 104 Å². The molecule has 1 unspecified atom stereocenters. The standard InChI is InChI=1S/C13H24N4/c1-4-17-9-11(8-15-17)12(7-14)16-6-5-13(2,3)10-16/h8-9,12H,4-7,10,14H2,1-3H3. The van der Waals surface area contributed by atoms with E-state index >= 15 is 0 Å². The summed E-state index contributed by atoms with van der Waals surface area (Å²) < 4.78 is 1.97. The number of aromatic nitrogens is 2. The first kappa shape index (κ1) is 12.6. The quantitative estimate of drug-likeness (QED) is 0.864. The van der Waals surface area contributed by atoms with Crippen LogP contribution in [0.1, 0.15) is 38.8 Å². The Morgan fingerprint density at radius 1 is 1.53 bits per heavy atom. The lowest BCUT2D eigenvalue weighted by molar-refractivity contribution is 0.223. The van der Waals surface area contributed by atoms with E-state index in [4.69, 9.17) is 5.73 Å². The van der Waals surface area contributed by atoms with Crippen molar-refractivity contribution in [1.82, 2.24) is 14.7 Å². The van der Waals surface area contributed by atoms with Gasteiger partial charge in [0.25, 0.3) is 0 Å². The molecule has 0 bridgehead atoms. The Morgan fingerprint density at radius 3 is 2.76 bits per heavy atom. The minimum absolute atomic E-state index is 0.331. The molecular weight excluding hydrogens is 212 g/mol. The van der Waals surface area contributed by atoms with E-state index in [2.05, 4.69) is 37.0 Å². The Bertz CT molecular complexity index is 369. The van der Waals surface area contributed by atoms with Gasteiger partial charge in [0.15, 0.2) is 0 Å². The number of hydrogen-bond donors (Lipinski definition) is 1. The van der Waals surface area contributed by atoms with Crippen molar-refractivity contribution < 1.29 is 0 Å². The highest BCUT2D eigenvalue weighted by atomic mass is 15.3. The maximum atomic E-state index is 5.95. The van der Waals surface area contributed by atoms with Gasteiger partial charge in [0, 0.05) is 31.4 Å². The lowest BCUT2D eigenvalue weighted by Crippen LogP contribution is -2.33. The van der Waals surface area contributed by atoms with E-state index in [1.165, 1.54) is 12.0 Å². The van der Waals surface area contributed by atoms with E-state index in [1.54, 1.807) is 0 Å². The summed E-state index contributed by atoms with van der Waals surface area (Å²) in [7, 11) is 0. The van der Waals surface area contributed by atoms with Crippen LogP contribution in [-0.2, 0) is 6.54 Å². The van der Waals surface area contributed by atoms with Crippen molar-refractivity contribution in [1.29, 1.82) is 0 Å². The van der Waals surface area contributed by atoms with Crippen molar-refractivity contribution in [2.75, 3.05) is 19.6 Å². The second-order valence-electron chi connectivity index (χ2n) is 5.77. The average Bonchev–Trinajstić information content (AvgIpc) is 2.87. The van der Waals surface area contributed by atoms with Gasteiger partial charge in [-0.1, -0.05) is 13.8 Å². The zero-order chi connectivity index (χ0) is 12.5. The second kappa shape index (κ2) is 4.78. The van der Waals surface area contributed by atoms with Gasteiger partial charge in [-0.05, 0) is 25.3 Å². The fraction of sp³-hybridized carbons (Fsp3) is 0.769. The normalized spacial score (nSPS) is 21.9. The number of nitrogens with two attached hydrogens (primary N) is 1. The first-order chi connectivity index (χ1) is 8.05. The number of nitrogens with zero attached hydrogens (tertiary/aromatic N) is 3. The summed E-state index contributed by atoms with van der Waals surface area (Å²) in [5, 5.41) is 4.35. The molecule has 1 aliphatic heterocycles. The van der Waals surface area contributed by atoms with Gasteiger partial charge in [-0.25, -0.2) is 0 Å².